The van der Waals surface area contributed by atoms with Crippen LogP contribution in [0.3, 0.4) is 0 Å². The Bertz CT molecular complexity index is 1270. The fourth-order valence-electron chi connectivity index (χ4n) is 3.23. The summed E-state index contributed by atoms with van der Waals surface area (Å²) in [7, 11) is 1.61. The third-order valence-electron chi connectivity index (χ3n) is 4.82. The molecule has 1 amide bonds. The van der Waals surface area contributed by atoms with Crippen LogP contribution in [0.1, 0.15) is 17.3 Å². The quantitative estimate of drug-likeness (QED) is 0.310. The summed E-state index contributed by atoms with van der Waals surface area (Å²) in [6.45, 7) is 1.47. The Morgan fingerprint density at radius 2 is 1.73 bits per heavy atom. The molecule has 2 aromatic carbocycles. The van der Waals surface area contributed by atoms with Crippen LogP contribution >= 0.6 is 11.8 Å². The number of benzene rings is 2. The summed E-state index contributed by atoms with van der Waals surface area (Å²) >= 11 is 1.25. The third-order valence-corrected chi connectivity index (χ3v) is 5.74. The van der Waals surface area contributed by atoms with E-state index in [1.807, 2.05) is 41.0 Å². The zero-order valence-electron chi connectivity index (χ0n) is 18.1. The molecule has 4 aromatic rings. The number of ether oxygens (including phenoxy) is 1. The highest BCUT2D eigenvalue weighted by molar-refractivity contribution is 7.99. The molecule has 8 nitrogen and oxygen atoms in total. The van der Waals surface area contributed by atoms with Crippen LogP contribution in [0.25, 0.3) is 17.1 Å². The first-order valence-corrected chi connectivity index (χ1v) is 11.1. The van der Waals surface area contributed by atoms with E-state index in [4.69, 9.17) is 4.74 Å². The fraction of sp³-hybridized carbons (Fsp3) is 0.125. The number of Topliss-reactive ketones (excluding diaryl/α,β-unsaturated/α-hetero) is 1. The number of amides is 1. The van der Waals surface area contributed by atoms with Crippen LogP contribution in [0.5, 0.6) is 5.75 Å². The zero-order chi connectivity index (χ0) is 23.2. The van der Waals surface area contributed by atoms with Crippen molar-refractivity contribution in [3.05, 3.63) is 78.6 Å². The van der Waals surface area contributed by atoms with Crippen LogP contribution in [0.2, 0.25) is 0 Å². The van der Waals surface area contributed by atoms with E-state index in [9.17, 15) is 9.59 Å². The molecule has 0 aliphatic carbocycles. The molecule has 0 unspecified atom stereocenters. The largest absolute Gasteiger partial charge is 0.497 e. The van der Waals surface area contributed by atoms with Crippen LogP contribution in [0.15, 0.2) is 78.2 Å². The molecule has 0 saturated heterocycles. The maximum absolute atomic E-state index is 12.6. The molecule has 33 heavy (non-hydrogen) atoms. The number of aromatic nitrogens is 4. The smallest absolute Gasteiger partial charge is 0.234 e. The summed E-state index contributed by atoms with van der Waals surface area (Å²) in [5.41, 5.74) is 2.64. The second kappa shape index (κ2) is 10.1. The first kappa shape index (κ1) is 22.2. The standard InChI is InChI=1S/C24H21N5O3S/c1-16(30)20-5-3-4-6-21(20)26-22(31)15-33-24-28-27-23(17-11-13-25-14-12-17)29(24)18-7-9-19(32-2)10-8-18/h3-14H,15H2,1-2H3,(H,26,31). The number of para-hydroxylation sites is 1. The SMILES string of the molecule is COc1ccc(-n2c(SCC(=O)Nc3ccccc3C(C)=O)nnc2-c2ccncc2)cc1. The van der Waals surface area contributed by atoms with Gasteiger partial charge in [0, 0.05) is 29.2 Å². The summed E-state index contributed by atoms with van der Waals surface area (Å²) in [5, 5.41) is 12.1. The fourth-order valence-corrected chi connectivity index (χ4v) is 3.98. The van der Waals surface area contributed by atoms with Gasteiger partial charge in [0.05, 0.1) is 18.6 Å². The lowest BCUT2D eigenvalue weighted by Crippen LogP contribution is -2.16. The summed E-state index contributed by atoms with van der Waals surface area (Å²) < 4.78 is 7.15. The number of carbonyl (C=O) groups excluding carboxylic acids is 2. The van der Waals surface area contributed by atoms with Crippen molar-refractivity contribution in [3.63, 3.8) is 0 Å². The number of pyridine rings is 1. The molecule has 0 spiro atoms. The van der Waals surface area contributed by atoms with Crippen LogP contribution in [-0.4, -0.2) is 44.3 Å². The van der Waals surface area contributed by atoms with Crippen molar-refractivity contribution in [1.29, 1.82) is 0 Å². The van der Waals surface area contributed by atoms with Crippen molar-refractivity contribution in [2.45, 2.75) is 12.1 Å². The highest BCUT2D eigenvalue weighted by Gasteiger charge is 2.18. The number of rotatable bonds is 8. The normalized spacial score (nSPS) is 10.6. The van der Waals surface area contributed by atoms with Gasteiger partial charge >= 0.3 is 0 Å². The second-order valence-electron chi connectivity index (χ2n) is 7.01. The Hall–Kier alpha value is -3.98. The number of anilines is 1. The van der Waals surface area contributed by atoms with Crippen molar-refractivity contribution < 1.29 is 14.3 Å². The molecular formula is C24H21N5O3S. The first-order valence-electron chi connectivity index (χ1n) is 10.1. The van der Waals surface area contributed by atoms with E-state index in [1.165, 1.54) is 18.7 Å². The van der Waals surface area contributed by atoms with Gasteiger partial charge in [-0.25, -0.2) is 0 Å². The lowest BCUT2D eigenvalue weighted by atomic mass is 10.1. The van der Waals surface area contributed by atoms with Gasteiger partial charge in [-0.3, -0.25) is 19.1 Å². The average molecular weight is 460 g/mol. The van der Waals surface area contributed by atoms with E-state index in [1.54, 1.807) is 43.8 Å². The van der Waals surface area contributed by atoms with E-state index >= 15 is 0 Å². The van der Waals surface area contributed by atoms with Crippen LogP contribution in [-0.2, 0) is 4.79 Å². The number of thioether (sulfide) groups is 1. The number of carbonyl (C=O) groups is 2. The molecule has 2 aromatic heterocycles. The Balaban J connectivity index is 1.59. The summed E-state index contributed by atoms with van der Waals surface area (Å²) in [6.07, 6.45) is 3.38. The van der Waals surface area contributed by atoms with Crippen LogP contribution in [0.4, 0.5) is 5.69 Å². The minimum absolute atomic E-state index is 0.0941. The third kappa shape index (κ3) is 5.09. The molecule has 9 heteroatoms. The van der Waals surface area contributed by atoms with Gasteiger partial charge in [0.1, 0.15) is 5.75 Å². The van der Waals surface area contributed by atoms with Gasteiger partial charge in [-0.05, 0) is 55.5 Å². The van der Waals surface area contributed by atoms with Crippen LogP contribution < -0.4 is 10.1 Å². The van der Waals surface area contributed by atoms with Gasteiger partial charge < -0.3 is 10.1 Å². The number of hydrogen-bond donors (Lipinski definition) is 1. The van der Waals surface area contributed by atoms with Crippen molar-refractivity contribution in [2.75, 3.05) is 18.2 Å². The lowest BCUT2D eigenvalue weighted by Gasteiger charge is -2.12. The molecule has 0 radical (unpaired) electrons. The van der Waals surface area contributed by atoms with E-state index in [2.05, 4.69) is 20.5 Å². The Morgan fingerprint density at radius 3 is 2.42 bits per heavy atom. The lowest BCUT2D eigenvalue weighted by molar-refractivity contribution is -0.113. The van der Waals surface area contributed by atoms with Crippen molar-refractivity contribution in [2.24, 2.45) is 0 Å². The predicted octanol–water partition coefficient (Wildman–Crippen LogP) is 4.27. The maximum Gasteiger partial charge on any atom is 0.234 e. The summed E-state index contributed by atoms with van der Waals surface area (Å²) in [5.74, 6) is 1.10. The molecule has 0 fully saturated rings. The Kier molecular flexibility index (Phi) is 6.80. The Labute approximate surface area is 195 Å². The summed E-state index contributed by atoms with van der Waals surface area (Å²) in [6, 6.07) is 18.1. The number of ketones is 1. The minimum Gasteiger partial charge on any atom is -0.497 e. The van der Waals surface area contributed by atoms with Gasteiger partial charge in [-0.1, -0.05) is 23.9 Å². The maximum atomic E-state index is 12.6. The first-order chi connectivity index (χ1) is 16.1. The molecule has 0 saturated carbocycles. The van der Waals surface area contributed by atoms with Gasteiger partial charge in [0.15, 0.2) is 16.8 Å². The van der Waals surface area contributed by atoms with Crippen LogP contribution in [0, 0.1) is 0 Å². The van der Waals surface area contributed by atoms with Crippen molar-refractivity contribution in [3.8, 4) is 22.8 Å². The molecular weight excluding hydrogens is 438 g/mol. The number of methoxy groups -OCH3 is 1. The molecule has 0 aliphatic heterocycles. The van der Waals surface area contributed by atoms with Gasteiger partial charge in [0.25, 0.3) is 0 Å². The molecule has 2 heterocycles. The Morgan fingerprint density at radius 1 is 1.00 bits per heavy atom. The number of nitrogens with zero attached hydrogens (tertiary/aromatic N) is 4. The highest BCUT2D eigenvalue weighted by atomic mass is 32.2. The molecule has 4 rings (SSSR count). The number of nitrogens with one attached hydrogen (secondary N) is 1. The van der Waals surface area contributed by atoms with E-state index in [-0.39, 0.29) is 17.4 Å². The van der Waals surface area contributed by atoms with E-state index in [0.29, 0.717) is 22.2 Å². The molecule has 0 aliphatic rings. The summed E-state index contributed by atoms with van der Waals surface area (Å²) in [4.78, 5) is 28.5. The van der Waals surface area contributed by atoms with Crippen molar-refractivity contribution >= 4 is 29.1 Å². The van der Waals surface area contributed by atoms with E-state index in [0.717, 1.165) is 17.0 Å². The zero-order valence-corrected chi connectivity index (χ0v) is 18.9. The molecule has 0 atom stereocenters. The monoisotopic (exact) mass is 459 g/mol. The second-order valence-corrected chi connectivity index (χ2v) is 7.96. The number of hydrogen-bond acceptors (Lipinski definition) is 7. The average Bonchev–Trinajstić information content (AvgIpc) is 3.27. The predicted molar refractivity (Wildman–Crippen MR) is 127 cm³/mol. The molecule has 1 N–H and O–H groups in total. The van der Waals surface area contributed by atoms with Gasteiger partial charge in [0.2, 0.25) is 5.91 Å². The van der Waals surface area contributed by atoms with E-state index < -0.39 is 0 Å². The van der Waals surface area contributed by atoms with Gasteiger partial charge in [-0.15, -0.1) is 10.2 Å². The molecule has 0 bridgehead atoms. The van der Waals surface area contributed by atoms with Gasteiger partial charge in [-0.2, -0.15) is 0 Å². The molecule has 166 valence electrons. The van der Waals surface area contributed by atoms with Crippen molar-refractivity contribution in [1.82, 2.24) is 19.7 Å². The topological polar surface area (TPSA) is 99.0 Å². The highest BCUT2D eigenvalue weighted by Crippen LogP contribution is 2.29. The minimum atomic E-state index is -0.247.